The Hall–Kier alpha value is -2.60. The lowest BCUT2D eigenvalue weighted by Crippen LogP contribution is -2.36. The molecule has 5 nitrogen and oxygen atoms in total. The molecule has 0 aliphatic rings. The zero-order valence-electron chi connectivity index (χ0n) is 13.1. The van der Waals surface area contributed by atoms with Crippen LogP contribution < -0.4 is 11.1 Å². The van der Waals surface area contributed by atoms with Gasteiger partial charge < -0.3 is 11.1 Å². The fraction of sp³-hybridized carbons (Fsp3) is 0.385. The third-order valence-electron chi connectivity index (χ3n) is 3.36. The van der Waals surface area contributed by atoms with E-state index in [1.165, 1.54) is 13.0 Å². The fourth-order valence-electron chi connectivity index (χ4n) is 2.05. The Morgan fingerprint density at radius 2 is 1.62 bits per heavy atom. The first-order valence-electron chi connectivity index (χ1n) is 6.75. The van der Waals surface area contributed by atoms with E-state index in [0.717, 1.165) is 13.1 Å². The van der Waals surface area contributed by atoms with Crippen LogP contribution in [0.5, 0.6) is 0 Å². The van der Waals surface area contributed by atoms with E-state index in [-0.39, 0.29) is 21.9 Å². The summed E-state index contributed by atoms with van der Waals surface area (Å²) < 4.78 is 105. The van der Waals surface area contributed by atoms with Gasteiger partial charge in [-0.1, -0.05) is 0 Å². The molecule has 2 aromatic rings. The molecule has 0 fully saturated rings. The highest BCUT2D eigenvalue weighted by Crippen LogP contribution is 2.49. The Morgan fingerprint density at radius 3 is 2.08 bits per heavy atom. The molecule has 0 atom stereocenters. The molecule has 0 saturated carbocycles. The molecule has 26 heavy (non-hydrogen) atoms. The predicted molar refractivity (Wildman–Crippen MR) is 74.8 cm³/mol. The van der Waals surface area contributed by atoms with Crippen LogP contribution in [-0.2, 0) is 19.1 Å². The molecule has 13 heteroatoms. The van der Waals surface area contributed by atoms with Crippen molar-refractivity contribution in [3.05, 3.63) is 29.1 Å². The molecule has 2 aromatic heterocycles. The number of nitrogens with zero attached hydrogens (tertiary/aromatic N) is 3. The molecule has 0 aliphatic carbocycles. The molecule has 3 N–H and O–H groups in total. The quantitative estimate of drug-likeness (QED) is 0.775. The summed E-state index contributed by atoms with van der Waals surface area (Å²) in [5, 5.41) is 4.84. The van der Waals surface area contributed by atoms with E-state index in [4.69, 9.17) is 5.73 Å². The lowest BCUT2D eigenvalue weighted by atomic mass is 10.1. The van der Waals surface area contributed by atoms with Gasteiger partial charge in [0.15, 0.2) is 5.69 Å². The number of anilines is 3. The molecule has 0 aromatic carbocycles. The summed E-state index contributed by atoms with van der Waals surface area (Å²) >= 11 is 0. The smallest absolute Gasteiger partial charge is 0.397 e. The van der Waals surface area contributed by atoms with Crippen LogP contribution in [0.15, 0.2) is 12.1 Å². The molecule has 0 aliphatic heterocycles. The van der Waals surface area contributed by atoms with Crippen LogP contribution in [0.1, 0.15) is 17.0 Å². The van der Waals surface area contributed by atoms with Gasteiger partial charge in [0.05, 0.1) is 11.4 Å². The predicted octanol–water partition coefficient (Wildman–Crippen LogP) is 4.12. The van der Waals surface area contributed by atoms with Gasteiger partial charge in [-0.15, -0.1) is 0 Å². The second kappa shape index (κ2) is 5.99. The van der Waals surface area contributed by atoms with Crippen molar-refractivity contribution in [3.8, 4) is 0 Å². The minimum atomic E-state index is -6.26. The van der Waals surface area contributed by atoms with Gasteiger partial charge in [-0.05, 0) is 19.1 Å². The fourth-order valence-corrected chi connectivity index (χ4v) is 2.05. The number of hydrogen-bond donors (Lipinski definition) is 2. The Bertz CT molecular complexity index is 821. The summed E-state index contributed by atoms with van der Waals surface area (Å²) in [6.45, 7) is 1.43. The largest absolute Gasteiger partial charge is 0.459 e. The molecule has 0 radical (unpaired) electrons. The molecule has 0 bridgehead atoms. The Balaban J connectivity index is 2.65. The molecule has 144 valence electrons. The lowest BCUT2D eigenvalue weighted by molar-refractivity contribution is -0.292. The van der Waals surface area contributed by atoms with Crippen LogP contribution in [-0.4, -0.2) is 20.9 Å². The molecule has 0 spiro atoms. The number of pyridine rings is 1. The van der Waals surface area contributed by atoms with Crippen LogP contribution >= 0.6 is 0 Å². The first-order chi connectivity index (χ1) is 11.7. The SMILES string of the molecule is Cc1nc(Nc2c(C(F)(F)F)c(C(F)(F)C(F)(F)F)nn2C)ccc1N. The van der Waals surface area contributed by atoms with Crippen LogP contribution in [0.2, 0.25) is 0 Å². The number of hydrogen-bond acceptors (Lipinski definition) is 4. The van der Waals surface area contributed by atoms with E-state index in [0.29, 0.717) is 0 Å². The number of alkyl halides is 8. The molecular weight excluding hydrogens is 378 g/mol. The van der Waals surface area contributed by atoms with Crippen molar-refractivity contribution in [1.29, 1.82) is 0 Å². The Labute approximate surface area is 140 Å². The zero-order valence-corrected chi connectivity index (χ0v) is 13.1. The maximum Gasteiger partial charge on any atom is 0.459 e. The monoisotopic (exact) mass is 389 g/mol. The van der Waals surface area contributed by atoms with Crippen LogP contribution in [0.4, 0.5) is 52.4 Å². The van der Waals surface area contributed by atoms with Crippen molar-refractivity contribution in [3.63, 3.8) is 0 Å². The van der Waals surface area contributed by atoms with Gasteiger partial charge in [-0.3, -0.25) is 4.68 Å². The number of rotatable bonds is 3. The highest BCUT2D eigenvalue weighted by molar-refractivity contribution is 5.61. The summed E-state index contributed by atoms with van der Waals surface area (Å²) in [7, 11) is 0.789. The molecule has 0 amide bonds. The van der Waals surface area contributed by atoms with Crippen LogP contribution in [0.3, 0.4) is 0 Å². The number of nitrogens with one attached hydrogen (secondary N) is 1. The molecular formula is C13H11F8N5. The van der Waals surface area contributed by atoms with E-state index >= 15 is 0 Å². The topological polar surface area (TPSA) is 68.8 Å². The number of nitrogen functional groups attached to an aromatic ring is 1. The first kappa shape index (κ1) is 19.7. The summed E-state index contributed by atoms with van der Waals surface area (Å²) in [6.07, 6.45) is -11.8. The third kappa shape index (κ3) is 3.37. The van der Waals surface area contributed by atoms with Crippen LogP contribution in [0, 0.1) is 6.92 Å². The summed E-state index contributed by atoms with van der Waals surface area (Å²) in [6, 6.07) is 2.41. The Kier molecular flexibility index (Phi) is 4.54. The minimum Gasteiger partial charge on any atom is -0.397 e. The second-order valence-electron chi connectivity index (χ2n) is 5.26. The number of aromatic nitrogens is 3. The van der Waals surface area contributed by atoms with Gasteiger partial charge in [0.2, 0.25) is 0 Å². The van der Waals surface area contributed by atoms with Gasteiger partial charge in [0.25, 0.3) is 0 Å². The second-order valence-corrected chi connectivity index (χ2v) is 5.26. The van der Waals surface area contributed by atoms with Crippen LogP contribution in [0.25, 0.3) is 0 Å². The summed E-state index contributed by atoms with van der Waals surface area (Å²) in [5.74, 6) is -7.17. The standard InChI is InChI=1S/C13H11F8N5/c1-5-6(22)3-4-7(23-5)24-10-8(12(16,17)18)9(25-26(10)2)11(14,15)13(19,20)21/h3-4H,22H2,1-2H3,(H,23,24). The maximum absolute atomic E-state index is 13.5. The van der Waals surface area contributed by atoms with Gasteiger partial charge >= 0.3 is 18.3 Å². The van der Waals surface area contributed by atoms with E-state index < -0.39 is 35.4 Å². The zero-order chi connectivity index (χ0) is 20.1. The van der Waals surface area contributed by atoms with Gasteiger partial charge in [-0.25, -0.2) is 4.98 Å². The van der Waals surface area contributed by atoms with E-state index in [1.807, 2.05) is 0 Å². The van der Waals surface area contributed by atoms with Crippen molar-refractivity contribution >= 4 is 17.3 Å². The average molecular weight is 389 g/mol. The van der Waals surface area contributed by atoms with Crippen molar-refractivity contribution in [2.75, 3.05) is 11.1 Å². The summed E-state index contributed by atoms with van der Waals surface area (Å²) in [5.41, 5.74) is 1.25. The number of nitrogens with two attached hydrogens (primary N) is 1. The maximum atomic E-state index is 13.5. The Morgan fingerprint density at radius 1 is 1.04 bits per heavy atom. The van der Waals surface area contributed by atoms with Crippen molar-refractivity contribution in [2.45, 2.75) is 25.2 Å². The molecule has 2 rings (SSSR count). The number of aryl methyl sites for hydroxylation is 2. The van der Waals surface area contributed by atoms with E-state index in [1.54, 1.807) is 0 Å². The van der Waals surface area contributed by atoms with Crippen molar-refractivity contribution in [2.24, 2.45) is 7.05 Å². The lowest BCUT2D eigenvalue weighted by Gasteiger charge is -2.20. The third-order valence-corrected chi connectivity index (χ3v) is 3.36. The molecule has 2 heterocycles. The highest BCUT2D eigenvalue weighted by atomic mass is 19.4. The van der Waals surface area contributed by atoms with Crippen molar-refractivity contribution in [1.82, 2.24) is 14.8 Å². The van der Waals surface area contributed by atoms with Gasteiger partial charge in [0.1, 0.15) is 17.2 Å². The van der Waals surface area contributed by atoms with Crippen molar-refractivity contribution < 1.29 is 35.1 Å². The molecule has 0 saturated heterocycles. The van der Waals surface area contributed by atoms with E-state index in [2.05, 4.69) is 15.4 Å². The average Bonchev–Trinajstić information content (AvgIpc) is 2.79. The highest BCUT2D eigenvalue weighted by Gasteiger charge is 2.64. The van der Waals surface area contributed by atoms with E-state index in [9.17, 15) is 35.1 Å². The number of halogens is 8. The first-order valence-corrected chi connectivity index (χ1v) is 6.75. The summed E-state index contributed by atoms with van der Waals surface area (Å²) in [4.78, 5) is 3.80. The molecule has 0 unspecified atom stereocenters. The minimum absolute atomic E-state index is 0.209. The van der Waals surface area contributed by atoms with Gasteiger partial charge in [0, 0.05) is 7.05 Å². The van der Waals surface area contributed by atoms with Gasteiger partial charge in [-0.2, -0.15) is 40.2 Å². The normalized spacial score (nSPS) is 13.2.